The highest BCUT2D eigenvalue weighted by Crippen LogP contribution is 2.25. The maximum absolute atomic E-state index is 13.5. The van der Waals surface area contributed by atoms with Crippen molar-refractivity contribution in [1.29, 1.82) is 0 Å². The van der Waals surface area contributed by atoms with E-state index in [1.165, 1.54) is 23.5 Å². The van der Waals surface area contributed by atoms with Gasteiger partial charge in [0.2, 0.25) is 5.91 Å². The number of hydrogen-bond acceptors (Lipinski definition) is 4. The molecule has 35 heavy (non-hydrogen) atoms. The Morgan fingerprint density at radius 1 is 1.06 bits per heavy atom. The van der Waals surface area contributed by atoms with Crippen LogP contribution in [0.25, 0.3) is 16.9 Å². The molecule has 1 fully saturated rings. The number of carbonyl (C=O) groups is 2. The Hall–Kier alpha value is -3.78. The van der Waals surface area contributed by atoms with Crippen molar-refractivity contribution in [2.24, 2.45) is 5.92 Å². The van der Waals surface area contributed by atoms with Crippen LogP contribution in [0.5, 0.6) is 0 Å². The van der Waals surface area contributed by atoms with Crippen LogP contribution in [0.3, 0.4) is 0 Å². The van der Waals surface area contributed by atoms with Gasteiger partial charge in [0.15, 0.2) is 0 Å². The van der Waals surface area contributed by atoms with Gasteiger partial charge < -0.3 is 10.2 Å². The third kappa shape index (κ3) is 5.17. The van der Waals surface area contributed by atoms with Crippen molar-refractivity contribution in [2.75, 3.05) is 13.1 Å². The van der Waals surface area contributed by atoms with Crippen molar-refractivity contribution < 1.29 is 14.0 Å². The Kier molecular flexibility index (Phi) is 6.72. The number of thiophene rings is 1. The predicted molar refractivity (Wildman–Crippen MR) is 134 cm³/mol. The van der Waals surface area contributed by atoms with Crippen LogP contribution in [0, 0.1) is 11.7 Å². The Morgan fingerprint density at radius 3 is 2.60 bits per heavy atom. The van der Waals surface area contributed by atoms with E-state index in [0.717, 1.165) is 29.7 Å². The van der Waals surface area contributed by atoms with Gasteiger partial charge in [-0.3, -0.25) is 9.59 Å². The van der Waals surface area contributed by atoms with Crippen molar-refractivity contribution in [2.45, 2.75) is 19.4 Å². The minimum absolute atomic E-state index is 0.0137. The summed E-state index contributed by atoms with van der Waals surface area (Å²) in [6.45, 7) is 1.36. The zero-order chi connectivity index (χ0) is 24.2. The van der Waals surface area contributed by atoms with Gasteiger partial charge >= 0.3 is 0 Å². The van der Waals surface area contributed by atoms with Crippen LogP contribution in [-0.4, -0.2) is 39.6 Å². The van der Waals surface area contributed by atoms with Crippen molar-refractivity contribution in [1.82, 2.24) is 20.0 Å². The van der Waals surface area contributed by atoms with E-state index in [0.29, 0.717) is 23.7 Å². The van der Waals surface area contributed by atoms with E-state index in [2.05, 4.69) is 5.32 Å². The highest BCUT2D eigenvalue weighted by molar-refractivity contribution is 7.12. The van der Waals surface area contributed by atoms with Crippen LogP contribution in [0.4, 0.5) is 4.39 Å². The van der Waals surface area contributed by atoms with Crippen molar-refractivity contribution >= 4 is 23.2 Å². The number of halogens is 1. The molecule has 0 radical (unpaired) electrons. The van der Waals surface area contributed by atoms with E-state index in [9.17, 15) is 14.0 Å². The van der Waals surface area contributed by atoms with Gasteiger partial charge in [-0.25, -0.2) is 9.07 Å². The van der Waals surface area contributed by atoms with E-state index in [-0.39, 0.29) is 30.1 Å². The van der Waals surface area contributed by atoms with Gasteiger partial charge in [-0.05, 0) is 60.7 Å². The average Bonchev–Trinajstić information content (AvgIpc) is 3.59. The number of nitrogens with one attached hydrogen (secondary N) is 1. The molecule has 0 saturated carbocycles. The van der Waals surface area contributed by atoms with Crippen molar-refractivity contribution in [3.63, 3.8) is 0 Å². The van der Waals surface area contributed by atoms with Crippen molar-refractivity contribution in [3.8, 4) is 16.9 Å². The number of hydrogen-bond donors (Lipinski definition) is 1. The molecule has 1 atom stereocenters. The second-order valence-electron chi connectivity index (χ2n) is 8.58. The molecule has 5 rings (SSSR count). The molecule has 4 aromatic rings. The fourth-order valence-electron chi connectivity index (χ4n) is 4.36. The molecular weight excluding hydrogens is 463 g/mol. The molecule has 0 aliphatic carbocycles. The standard InChI is InChI=1S/C27H25FN4O2S/c28-22-12-10-19(11-13-22)25-21(18-32(30-25)23-7-2-1-3-8-23)16-29-26(33)20-6-4-14-31(17-20)27(34)24-9-5-15-35-24/h1-3,5,7-13,15,18,20H,4,6,14,16-17H2,(H,29,33). The summed E-state index contributed by atoms with van der Waals surface area (Å²) >= 11 is 1.42. The normalized spacial score (nSPS) is 15.7. The van der Waals surface area contributed by atoms with E-state index >= 15 is 0 Å². The maximum atomic E-state index is 13.5. The second kappa shape index (κ2) is 10.2. The third-order valence-corrected chi connectivity index (χ3v) is 7.05. The maximum Gasteiger partial charge on any atom is 0.263 e. The number of piperidine rings is 1. The lowest BCUT2D eigenvalue weighted by atomic mass is 9.96. The number of rotatable bonds is 6. The fraction of sp³-hybridized carbons (Fsp3) is 0.222. The Labute approximate surface area is 207 Å². The lowest BCUT2D eigenvalue weighted by Gasteiger charge is -2.31. The van der Waals surface area contributed by atoms with Gasteiger partial charge in [0.25, 0.3) is 5.91 Å². The number of amides is 2. The van der Waals surface area contributed by atoms with Crippen LogP contribution in [0.15, 0.2) is 78.3 Å². The SMILES string of the molecule is O=C(NCc1cn(-c2ccccc2)nc1-c1ccc(F)cc1)C1CCCN(C(=O)c2cccs2)C1. The summed E-state index contributed by atoms with van der Waals surface area (Å²) in [6, 6.07) is 19.6. The molecule has 2 aromatic heterocycles. The first-order chi connectivity index (χ1) is 17.1. The molecule has 2 amide bonds. The van der Waals surface area contributed by atoms with Gasteiger partial charge in [0.05, 0.1) is 22.2 Å². The molecule has 1 N–H and O–H groups in total. The number of benzene rings is 2. The summed E-state index contributed by atoms with van der Waals surface area (Å²) in [5, 5.41) is 9.66. The number of nitrogens with zero attached hydrogens (tertiary/aromatic N) is 3. The van der Waals surface area contributed by atoms with Crippen LogP contribution in [0.2, 0.25) is 0 Å². The molecule has 1 aliphatic rings. The monoisotopic (exact) mass is 488 g/mol. The first-order valence-corrected chi connectivity index (χ1v) is 12.5. The highest BCUT2D eigenvalue weighted by Gasteiger charge is 2.29. The molecule has 1 saturated heterocycles. The lowest BCUT2D eigenvalue weighted by molar-refractivity contribution is -0.126. The molecule has 6 nitrogen and oxygen atoms in total. The fourth-order valence-corrected chi connectivity index (χ4v) is 5.05. The molecular formula is C27H25FN4O2S. The molecule has 1 aliphatic heterocycles. The van der Waals surface area contributed by atoms with Crippen LogP contribution in [0.1, 0.15) is 28.1 Å². The number of aromatic nitrogens is 2. The lowest BCUT2D eigenvalue weighted by Crippen LogP contribution is -2.45. The molecule has 178 valence electrons. The van der Waals surface area contributed by atoms with Gasteiger partial charge in [0, 0.05) is 37.0 Å². The third-order valence-electron chi connectivity index (χ3n) is 6.19. The van der Waals surface area contributed by atoms with E-state index < -0.39 is 0 Å². The molecule has 0 bridgehead atoms. The topological polar surface area (TPSA) is 67.2 Å². The summed E-state index contributed by atoms with van der Waals surface area (Å²) in [5.41, 5.74) is 3.18. The van der Waals surface area contributed by atoms with Gasteiger partial charge in [0.1, 0.15) is 5.82 Å². The second-order valence-corrected chi connectivity index (χ2v) is 9.52. The molecule has 8 heteroatoms. The van der Waals surface area contributed by atoms with E-state index in [1.54, 1.807) is 21.7 Å². The highest BCUT2D eigenvalue weighted by atomic mass is 32.1. The van der Waals surface area contributed by atoms with Gasteiger partial charge in [-0.1, -0.05) is 24.3 Å². The largest absolute Gasteiger partial charge is 0.352 e. The van der Waals surface area contributed by atoms with Gasteiger partial charge in [-0.15, -0.1) is 11.3 Å². The molecule has 2 aromatic carbocycles. The average molecular weight is 489 g/mol. The van der Waals surface area contributed by atoms with Crippen LogP contribution in [-0.2, 0) is 11.3 Å². The quantitative estimate of drug-likeness (QED) is 0.419. The molecule has 0 spiro atoms. The van der Waals surface area contributed by atoms with Crippen LogP contribution < -0.4 is 5.32 Å². The zero-order valence-electron chi connectivity index (χ0n) is 19.1. The summed E-state index contributed by atoms with van der Waals surface area (Å²) < 4.78 is 15.3. The molecule has 1 unspecified atom stereocenters. The minimum Gasteiger partial charge on any atom is -0.352 e. The summed E-state index contributed by atoms with van der Waals surface area (Å²) in [4.78, 5) is 28.3. The number of likely N-dealkylation sites (tertiary alicyclic amines) is 1. The number of para-hydroxylation sites is 1. The first-order valence-electron chi connectivity index (χ1n) is 11.6. The number of carbonyl (C=O) groups excluding carboxylic acids is 2. The Morgan fingerprint density at radius 2 is 1.86 bits per heavy atom. The van der Waals surface area contributed by atoms with Crippen LogP contribution >= 0.6 is 11.3 Å². The zero-order valence-corrected chi connectivity index (χ0v) is 19.9. The first kappa shape index (κ1) is 23.0. The summed E-state index contributed by atoms with van der Waals surface area (Å²) in [5.74, 6) is -0.664. The summed E-state index contributed by atoms with van der Waals surface area (Å²) in [6.07, 6.45) is 3.43. The van der Waals surface area contributed by atoms with Crippen molar-refractivity contribution in [3.05, 3.63) is 94.6 Å². The minimum atomic E-state index is -0.315. The molecule has 3 heterocycles. The Balaban J connectivity index is 1.32. The Bertz CT molecular complexity index is 1300. The smallest absolute Gasteiger partial charge is 0.263 e. The summed E-state index contributed by atoms with van der Waals surface area (Å²) in [7, 11) is 0. The van der Waals surface area contributed by atoms with E-state index in [1.807, 2.05) is 54.0 Å². The van der Waals surface area contributed by atoms with Gasteiger partial charge in [-0.2, -0.15) is 5.10 Å². The predicted octanol–water partition coefficient (Wildman–Crippen LogP) is 4.91. The van der Waals surface area contributed by atoms with E-state index in [4.69, 9.17) is 5.10 Å².